The molecule has 0 radical (unpaired) electrons. The Balaban J connectivity index is 1.67. The number of amides is 1. The van der Waals surface area contributed by atoms with Crippen molar-refractivity contribution in [2.45, 2.75) is 13.5 Å². The van der Waals surface area contributed by atoms with Gasteiger partial charge in [-0.15, -0.1) is 0 Å². The highest BCUT2D eigenvalue weighted by molar-refractivity contribution is 14.1. The van der Waals surface area contributed by atoms with E-state index in [9.17, 15) is 4.79 Å². The molecule has 3 rings (SSSR count). The molecule has 0 fully saturated rings. The Morgan fingerprint density at radius 1 is 0.969 bits per heavy atom. The first-order chi connectivity index (χ1) is 15.4. The van der Waals surface area contributed by atoms with E-state index in [1.807, 2.05) is 25.1 Å². The van der Waals surface area contributed by atoms with Crippen LogP contribution in [-0.2, 0) is 11.3 Å². The van der Waals surface area contributed by atoms with Crippen molar-refractivity contribution in [1.29, 1.82) is 0 Å². The number of halogens is 4. The predicted octanol–water partition coefficient (Wildman–Crippen LogP) is 7.28. The number of nitrogens with one attached hydrogen (secondary N) is 2. The molecular weight excluding hydrogens is 586 g/mol. The number of ether oxygens (including phenoxy) is 2. The summed E-state index contributed by atoms with van der Waals surface area (Å²) in [6.07, 6.45) is 0. The largest absolute Gasteiger partial charge is 0.490 e. The van der Waals surface area contributed by atoms with Crippen LogP contribution in [0.2, 0.25) is 15.1 Å². The molecule has 0 aliphatic rings. The van der Waals surface area contributed by atoms with Crippen molar-refractivity contribution in [3.8, 4) is 11.5 Å². The number of carbonyl (C=O) groups is 1. The molecule has 168 valence electrons. The first kappa shape index (κ1) is 24.8. The summed E-state index contributed by atoms with van der Waals surface area (Å²) in [7, 11) is 0. The second-order valence-corrected chi connectivity index (χ2v) is 9.10. The fourth-order valence-corrected chi connectivity index (χ4v) is 4.25. The lowest BCUT2D eigenvalue weighted by atomic mass is 10.2. The Morgan fingerprint density at radius 3 is 2.38 bits per heavy atom. The van der Waals surface area contributed by atoms with Crippen LogP contribution in [0.1, 0.15) is 12.5 Å². The molecule has 0 heterocycles. The van der Waals surface area contributed by atoms with Gasteiger partial charge in [0.15, 0.2) is 18.1 Å². The standard InChI is InChI=1S/C23H20Cl3IN2O3/c1-2-31-21-10-14(12-28-20-8-5-16(25)11-18(20)26)9-19(27)23(21)32-13-22(30)29-17-6-3-15(24)4-7-17/h3-11,28H,2,12-13H2,1H3,(H,29,30). The zero-order chi connectivity index (χ0) is 23.1. The van der Waals surface area contributed by atoms with E-state index < -0.39 is 0 Å². The molecule has 5 nitrogen and oxygen atoms in total. The van der Waals surface area contributed by atoms with Crippen molar-refractivity contribution >= 4 is 74.7 Å². The van der Waals surface area contributed by atoms with Crippen molar-refractivity contribution < 1.29 is 14.3 Å². The van der Waals surface area contributed by atoms with Crippen LogP contribution in [0.5, 0.6) is 11.5 Å². The van der Waals surface area contributed by atoms with Crippen LogP contribution in [0.25, 0.3) is 0 Å². The molecule has 3 aromatic carbocycles. The highest BCUT2D eigenvalue weighted by Crippen LogP contribution is 2.35. The second kappa shape index (κ2) is 11.8. The Labute approximate surface area is 215 Å². The minimum Gasteiger partial charge on any atom is -0.490 e. The van der Waals surface area contributed by atoms with Gasteiger partial charge in [-0.3, -0.25) is 4.79 Å². The summed E-state index contributed by atoms with van der Waals surface area (Å²) in [6.45, 7) is 2.72. The molecule has 0 aliphatic heterocycles. The van der Waals surface area contributed by atoms with Crippen LogP contribution in [0.3, 0.4) is 0 Å². The number of anilines is 2. The van der Waals surface area contributed by atoms with Gasteiger partial charge in [-0.05, 0) is 89.7 Å². The van der Waals surface area contributed by atoms with Gasteiger partial charge in [0.1, 0.15) is 0 Å². The average Bonchev–Trinajstić information content (AvgIpc) is 2.74. The SMILES string of the molecule is CCOc1cc(CNc2ccc(Cl)cc2Cl)cc(I)c1OCC(=O)Nc1ccc(Cl)cc1. The predicted molar refractivity (Wildman–Crippen MR) is 140 cm³/mol. The minimum absolute atomic E-state index is 0.156. The van der Waals surface area contributed by atoms with Gasteiger partial charge < -0.3 is 20.1 Å². The summed E-state index contributed by atoms with van der Waals surface area (Å²) in [6, 6.07) is 16.0. The van der Waals surface area contributed by atoms with E-state index in [0.29, 0.717) is 45.4 Å². The second-order valence-electron chi connectivity index (χ2n) is 6.66. The lowest BCUT2D eigenvalue weighted by Crippen LogP contribution is -2.20. The molecule has 32 heavy (non-hydrogen) atoms. The Bertz CT molecular complexity index is 1090. The van der Waals surface area contributed by atoms with Crippen molar-refractivity contribution in [2.24, 2.45) is 0 Å². The van der Waals surface area contributed by atoms with Gasteiger partial charge in [0.05, 0.1) is 20.9 Å². The fraction of sp³-hybridized carbons (Fsp3) is 0.174. The monoisotopic (exact) mass is 604 g/mol. The number of carbonyl (C=O) groups excluding carboxylic acids is 1. The Hall–Kier alpha value is -1.87. The summed E-state index contributed by atoms with van der Waals surface area (Å²) in [5, 5.41) is 7.79. The first-order valence-electron chi connectivity index (χ1n) is 9.68. The smallest absolute Gasteiger partial charge is 0.262 e. The van der Waals surface area contributed by atoms with Crippen LogP contribution < -0.4 is 20.1 Å². The van der Waals surface area contributed by atoms with E-state index in [1.165, 1.54) is 0 Å². The first-order valence-corrected chi connectivity index (χ1v) is 11.9. The maximum Gasteiger partial charge on any atom is 0.262 e. The lowest BCUT2D eigenvalue weighted by Gasteiger charge is -2.16. The molecule has 3 aromatic rings. The topological polar surface area (TPSA) is 59.6 Å². The van der Waals surface area contributed by atoms with E-state index in [2.05, 4.69) is 33.2 Å². The van der Waals surface area contributed by atoms with Gasteiger partial charge in [-0.2, -0.15) is 0 Å². The number of hydrogen-bond acceptors (Lipinski definition) is 4. The lowest BCUT2D eigenvalue weighted by molar-refractivity contribution is -0.118. The van der Waals surface area contributed by atoms with Crippen molar-refractivity contribution in [3.05, 3.63) is 78.8 Å². The van der Waals surface area contributed by atoms with Crippen LogP contribution in [-0.4, -0.2) is 19.1 Å². The Kier molecular flexibility index (Phi) is 9.16. The molecule has 0 saturated heterocycles. The van der Waals surface area contributed by atoms with Crippen molar-refractivity contribution in [1.82, 2.24) is 0 Å². The molecule has 0 saturated carbocycles. The molecule has 0 atom stereocenters. The summed E-state index contributed by atoms with van der Waals surface area (Å²) < 4.78 is 12.4. The third-order valence-electron chi connectivity index (χ3n) is 4.26. The molecule has 0 bridgehead atoms. The van der Waals surface area contributed by atoms with E-state index in [1.54, 1.807) is 36.4 Å². The number of benzene rings is 3. The van der Waals surface area contributed by atoms with Crippen LogP contribution >= 0.6 is 57.4 Å². The highest BCUT2D eigenvalue weighted by Gasteiger charge is 2.15. The maximum absolute atomic E-state index is 12.3. The third kappa shape index (κ3) is 7.07. The summed E-state index contributed by atoms with van der Waals surface area (Å²) in [5.41, 5.74) is 2.40. The van der Waals surface area contributed by atoms with Gasteiger partial charge in [0, 0.05) is 22.3 Å². The van der Waals surface area contributed by atoms with Gasteiger partial charge >= 0.3 is 0 Å². The summed E-state index contributed by atoms with van der Waals surface area (Å²) in [4.78, 5) is 12.3. The maximum atomic E-state index is 12.3. The zero-order valence-corrected chi connectivity index (χ0v) is 21.5. The molecule has 0 aliphatic carbocycles. The van der Waals surface area contributed by atoms with Crippen molar-refractivity contribution in [2.75, 3.05) is 23.8 Å². The van der Waals surface area contributed by atoms with Gasteiger partial charge in [-0.1, -0.05) is 34.8 Å². The molecule has 0 unspecified atom stereocenters. The van der Waals surface area contributed by atoms with E-state index >= 15 is 0 Å². The molecule has 1 amide bonds. The third-order valence-corrected chi connectivity index (χ3v) is 5.86. The van der Waals surface area contributed by atoms with E-state index in [4.69, 9.17) is 44.3 Å². The van der Waals surface area contributed by atoms with Crippen LogP contribution in [0, 0.1) is 3.57 Å². The molecule has 0 aromatic heterocycles. The van der Waals surface area contributed by atoms with Crippen LogP contribution in [0.15, 0.2) is 54.6 Å². The van der Waals surface area contributed by atoms with E-state index in [0.717, 1.165) is 14.8 Å². The Morgan fingerprint density at radius 2 is 1.69 bits per heavy atom. The van der Waals surface area contributed by atoms with Gasteiger partial charge in [-0.25, -0.2) is 0 Å². The zero-order valence-electron chi connectivity index (χ0n) is 17.1. The molecular formula is C23H20Cl3IN2O3. The molecule has 0 spiro atoms. The van der Waals surface area contributed by atoms with Gasteiger partial charge in [0.2, 0.25) is 0 Å². The highest BCUT2D eigenvalue weighted by atomic mass is 127. The minimum atomic E-state index is -0.284. The normalized spacial score (nSPS) is 10.5. The van der Waals surface area contributed by atoms with Gasteiger partial charge in [0.25, 0.3) is 5.91 Å². The number of rotatable bonds is 9. The van der Waals surface area contributed by atoms with Crippen LogP contribution in [0.4, 0.5) is 11.4 Å². The number of hydrogen-bond donors (Lipinski definition) is 2. The molecule has 9 heteroatoms. The quantitative estimate of drug-likeness (QED) is 0.252. The summed E-state index contributed by atoms with van der Waals surface area (Å²) in [5.74, 6) is 0.804. The molecule has 2 N–H and O–H groups in total. The summed E-state index contributed by atoms with van der Waals surface area (Å²) >= 11 is 20.2. The fourth-order valence-electron chi connectivity index (χ4n) is 2.82. The van der Waals surface area contributed by atoms with E-state index in [-0.39, 0.29) is 12.5 Å². The average molecular weight is 606 g/mol. The van der Waals surface area contributed by atoms with Crippen molar-refractivity contribution in [3.63, 3.8) is 0 Å².